The van der Waals surface area contributed by atoms with Gasteiger partial charge in [-0.25, -0.2) is 8.42 Å². The Morgan fingerprint density at radius 3 is 2.44 bits per heavy atom. The lowest BCUT2D eigenvalue weighted by Gasteiger charge is -2.12. The van der Waals surface area contributed by atoms with Crippen molar-refractivity contribution in [2.75, 3.05) is 4.72 Å². The van der Waals surface area contributed by atoms with Gasteiger partial charge in [-0.2, -0.15) is 0 Å². The lowest BCUT2D eigenvalue weighted by molar-refractivity contribution is 0.1000. The predicted molar refractivity (Wildman–Crippen MR) is 107 cm³/mol. The number of nitrogens with one attached hydrogen (secondary N) is 2. The van der Waals surface area contributed by atoms with E-state index in [0.29, 0.717) is 38.8 Å². The van der Waals surface area contributed by atoms with Crippen LogP contribution in [0.1, 0.15) is 21.6 Å². The highest BCUT2D eigenvalue weighted by atomic mass is 35.5. The number of para-hydroxylation sites is 1. The Balaban J connectivity index is 1.91. The molecule has 4 N–H and O–H groups in total. The van der Waals surface area contributed by atoms with Gasteiger partial charge >= 0.3 is 0 Å². The Kier molecular flexibility index (Phi) is 5.25. The summed E-state index contributed by atoms with van der Waals surface area (Å²) in [5.74, 6) is -0.731. The fraction of sp³-hybridized carbons (Fsp3) is 0.105. The molecule has 0 aliphatic rings. The molecule has 1 amide bonds. The number of H-pyrrole nitrogens is 1. The first kappa shape index (κ1) is 19.0. The molecular weight excluding hydrogens is 386 g/mol. The second kappa shape index (κ2) is 7.46. The monoisotopic (exact) mass is 403 g/mol. The molecule has 3 rings (SSSR count). The van der Waals surface area contributed by atoms with Crippen molar-refractivity contribution in [3.63, 3.8) is 0 Å². The third-order valence-corrected chi connectivity index (χ3v) is 5.53. The summed E-state index contributed by atoms with van der Waals surface area (Å²) in [6, 6.07) is 15.2. The van der Waals surface area contributed by atoms with E-state index in [1.807, 2.05) is 0 Å². The van der Waals surface area contributed by atoms with Crippen LogP contribution >= 0.6 is 11.6 Å². The van der Waals surface area contributed by atoms with E-state index in [-0.39, 0.29) is 5.75 Å². The maximum Gasteiger partial charge on any atom is 0.250 e. The summed E-state index contributed by atoms with van der Waals surface area (Å²) in [6.45, 7) is 1.73. The number of aromatic nitrogens is 1. The molecule has 0 fully saturated rings. The summed E-state index contributed by atoms with van der Waals surface area (Å²) in [6.07, 6.45) is 0. The highest BCUT2D eigenvalue weighted by molar-refractivity contribution is 7.91. The van der Waals surface area contributed by atoms with E-state index in [2.05, 4.69) is 9.71 Å². The molecule has 3 aromatic rings. The molecule has 0 saturated carbocycles. The van der Waals surface area contributed by atoms with Crippen molar-refractivity contribution in [2.45, 2.75) is 12.7 Å². The number of benzene rings is 2. The van der Waals surface area contributed by atoms with Crippen LogP contribution < -0.4 is 10.5 Å². The molecule has 8 heteroatoms. The van der Waals surface area contributed by atoms with Gasteiger partial charge in [-0.1, -0.05) is 41.9 Å². The van der Waals surface area contributed by atoms with E-state index in [1.165, 1.54) is 0 Å². The first-order valence-electron chi connectivity index (χ1n) is 8.09. The number of hydrogen-bond donors (Lipinski definition) is 3. The first-order chi connectivity index (χ1) is 12.7. The molecule has 0 unspecified atom stereocenters. The number of aryl methyl sites for hydroxylation is 1. The van der Waals surface area contributed by atoms with E-state index < -0.39 is 15.9 Å². The van der Waals surface area contributed by atoms with Gasteiger partial charge in [0.15, 0.2) is 0 Å². The largest absolute Gasteiger partial charge is 0.366 e. The Morgan fingerprint density at radius 2 is 1.81 bits per heavy atom. The summed E-state index contributed by atoms with van der Waals surface area (Å²) < 4.78 is 27.8. The predicted octanol–water partition coefficient (Wildman–Crippen LogP) is 3.68. The molecule has 27 heavy (non-hydrogen) atoms. The number of amides is 1. The number of hydrogen-bond acceptors (Lipinski definition) is 3. The average molecular weight is 404 g/mol. The fourth-order valence-corrected chi connectivity index (χ4v) is 4.11. The van der Waals surface area contributed by atoms with Crippen LogP contribution in [0.15, 0.2) is 54.6 Å². The van der Waals surface area contributed by atoms with Crippen LogP contribution in [0, 0.1) is 6.92 Å². The molecule has 0 aliphatic heterocycles. The summed E-state index contributed by atoms with van der Waals surface area (Å²) in [4.78, 5) is 14.6. The van der Waals surface area contributed by atoms with Gasteiger partial charge in [-0.3, -0.25) is 9.52 Å². The van der Waals surface area contributed by atoms with Crippen LogP contribution in [0.4, 0.5) is 5.69 Å². The number of carbonyl (C=O) groups is 1. The SMILES string of the molecule is Cc1[nH]c(-c2ccccc2NS(=O)(=O)Cc2ccc(Cl)cc2)cc1C(N)=O. The van der Waals surface area contributed by atoms with Gasteiger partial charge in [-0.15, -0.1) is 0 Å². The molecule has 0 radical (unpaired) electrons. The van der Waals surface area contributed by atoms with Crippen LogP contribution in [0.5, 0.6) is 0 Å². The van der Waals surface area contributed by atoms with E-state index in [9.17, 15) is 13.2 Å². The van der Waals surface area contributed by atoms with Crippen molar-refractivity contribution in [1.29, 1.82) is 0 Å². The van der Waals surface area contributed by atoms with Gasteiger partial charge < -0.3 is 10.7 Å². The van der Waals surface area contributed by atoms with E-state index >= 15 is 0 Å². The van der Waals surface area contributed by atoms with Crippen LogP contribution in [0.25, 0.3) is 11.3 Å². The molecule has 6 nitrogen and oxygen atoms in total. The van der Waals surface area contributed by atoms with Gasteiger partial charge in [0.2, 0.25) is 10.0 Å². The average Bonchev–Trinajstić information content (AvgIpc) is 2.99. The molecule has 0 spiro atoms. The molecule has 0 bridgehead atoms. The zero-order valence-corrected chi connectivity index (χ0v) is 16.1. The van der Waals surface area contributed by atoms with Gasteiger partial charge in [-0.05, 0) is 36.8 Å². The van der Waals surface area contributed by atoms with Gasteiger partial charge in [0.05, 0.1) is 17.0 Å². The number of nitrogens with two attached hydrogens (primary N) is 1. The quantitative estimate of drug-likeness (QED) is 0.584. The van der Waals surface area contributed by atoms with Crippen molar-refractivity contribution in [2.24, 2.45) is 5.73 Å². The van der Waals surface area contributed by atoms with E-state index in [4.69, 9.17) is 17.3 Å². The maximum absolute atomic E-state index is 12.6. The zero-order valence-electron chi connectivity index (χ0n) is 14.5. The molecule has 0 saturated heterocycles. The van der Waals surface area contributed by atoms with Gasteiger partial charge in [0.25, 0.3) is 5.91 Å². The zero-order chi connectivity index (χ0) is 19.6. The van der Waals surface area contributed by atoms with E-state index in [1.54, 1.807) is 61.5 Å². The minimum Gasteiger partial charge on any atom is -0.366 e. The number of carbonyl (C=O) groups excluding carboxylic acids is 1. The number of rotatable bonds is 6. The van der Waals surface area contributed by atoms with Gasteiger partial charge in [0, 0.05) is 22.0 Å². The van der Waals surface area contributed by atoms with Crippen molar-refractivity contribution in [3.8, 4) is 11.3 Å². The molecule has 0 aliphatic carbocycles. The van der Waals surface area contributed by atoms with Crippen LogP contribution in [0.2, 0.25) is 5.02 Å². The summed E-state index contributed by atoms with van der Waals surface area (Å²) >= 11 is 5.84. The number of anilines is 1. The third kappa shape index (κ3) is 4.50. The summed E-state index contributed by atoms with van der Waals surface area (Å²) in [5, 5.41) is 0.543. The molecule has 1 aromatic heterocycles. The Labute approximate surface area is 162 Å². The molecular formula is C19H18ClN3O3S. The second-order valence-electron chi connectivity index (χ2n) is 6.12. The second-order valence-corrected chi connectivity index (χ2v) is 8.28. The standard InChI is InChI=1S/C19H18ClN3O3S/c1-12-16(19(21)24)10-18(22-12)15-4-2-3-5-17(15)23-27(25,26)11-13-6-8-14(20)9-7-13/h2-10,22-23H,11H2,1H3,(H2,21,24). The maximum atomic E-state index is 12.6. The normalized spacial score (nSPS) is 11.3. The lowest BCUT2D eigenvalue weighted by atomic mass is 10.1. The number of primary amides is 1. The van der Waals surface area contributed by atoms with Gasteiger partial charge in [0.1, 0.15) is 0 Å². The van der Waals surface area contributed by atoms with E-state index in [0.717, 1.165) is 0 Å². The highest BCUT2D eigenvalue weighted by Crippen LogP contribution is 2.30. The fourth-order valence-electron chi connectivity index (χ4n) is 2.77. The topological polar surface area (TPSA) is 105 Å². The minimum absolute atomic E-state index is 0.186. The summed E-state index contributed by atoms with van der Waals surface area (Å²) in [7, 11) is -3.65. The highest BCUT2D eigenvalue weighted by Gasteiger charge is 2.17. The third-order valence-electron chi connectivity index (χ3n) is 4.03. The Hall–Kier alpha value is -2.77. The first-order valence-corrected chi connectivity index (χ1v) is 10.1. The van der Waals surface area contributed by atoms with Crippen molar-refractivity contribution in [1.82, 2.24) is 4.98 Å². The van der Waals surface area contributed by atoms with Crippen LogP contribution in [0.3, 0.4) is 0 Å². The smallest absolute Gasteiger partial charge is 0.250 e. The molecule has 1 heterocycles. The summed E-state index contributed by atoms with van der Waals surface area (Å²) in [5.41, 5.74) is 8.60. The van der Waals surface area contributed by atoms with Crippen molar-refractivity contribution >= 4 is 33.2 Å². The Morgan fingerprint density at radius 1 is 1.15 bits per heavy atom. The van der Waals surface area contributed by atoms with Crippen LogP contribution in [-0.4, -0.2) is 19.3 Å². The van der Waals surface area contributed by atoms with Crippen molar-refractivity contribution < 1.29 is 13.2 Å². The number of halogens is 1. The lowest BCUT2D eigenvalue weighted by Crippen LogP contribution is -2.15. The van der Waals surface area contributed by atoms with Crippen LogP contribution in [-0.2, 0) is 15.8 Å². The number of aromatic amines is 1. The molecule has 140 valence electrons. The minimum atomic E-state index is -3.65. The Bertz CT molecular complexity index is 1090. The number of sulfonamides is 1. The molecule has 2 aromatic carbocycles. The van der Waals surface area contributed by atoms with Crippen molar-refractivity contribution in [3.05, 3.63) is 76.4 Å². The molecule has 0 atom stereocenters.